The summed E-state index contributed by atoms with van der Waals surface area (Å²) in [6, 6.07) is 14.1. The second kappa shape index (κ2) is 5.77. The number of benzene rings is 2. The van der Waals surface area contributed by atoms with Crippen molar-refractivity contribution >= 4 is 33.1 Å². The van der Waals surface area contributed by atoms with Gasteiger partial charge in [-0.25, -0.2) is 0 Å². The van der Waals surface area contributed by atoms with Gasteiger partial charge in [0.2, 0.25) is 5.78 Å². The van der Waals surface area contributed by atoms with Crippen LogP contribution < -0.4 is 5.32 Å². The molecule has 0 saturated heterocycles. The average molecular weight is 346 g/mol. The minimum Gasteiger partial charge on any atom is -0.385 e. The summed E-state index contributed by atoms with van der Waals surface area (Å²) < 4.78 is 1.82. The van der Waals surface area contributed by atoms with Crippen molar-refractivity contribution in [3.8, 4) is 0 Å². The van der Waals surface area contributed by atoms with Crippen molar-refractivity contribution in [2.45, 2.75) is 12.5 Å². The number of hydrogen-bond acceptors (Lipinski definition) is 3. The number of anilines is 1. The molecular weight excluding hydrogens is 332 g/mol. The first-order valence-electron chi connectivity index (χ1n) is 6.76. The molecule has 21 heavy (non-hydrogen) atoms. The van der Waals surface area contributed by atoms with Gasteiger partial charge >= 0.3 is 0 Å². The highest BCUT2D eigenvalue weighted by Crippen LogP contribution is 2.30. The zero-order chi connectivity index (χ0) is 14.8. The number of nitrogens with zero attached hydrogens (tertiary/aromatic N) is 1. The maximum absolute atomic E-state index is 12.2. The Bertz CT molecular complexity index is 680. The number of nitrogens with one attached hydrogen (secondary N) is 1. The summed E-state index contributed by atoms with van der Waals surface area (Å²) >= 11 is 3.41. The van der Waals surface area contributed by atoms with Crippen molar-refractivity contribution in [3.05, 3.63) is 63.5 Å². The van der Waals surface area contributed by atoms with Crippen LogP contribution >= 0.6 is 15.9 Å². The number of carbonyl (C=O) groups excluding carboxylic acids is 1. The van der Waals surface area contributed by atoms with E-state index in [0.717, 1.165) is 14.9 Å². The third-order valence-electron chi connectivity index (χ3n) is 3.56. The van der Waals surface area contributed by atoms with E-state index >= 15 is 0 Å². The number of ketones is 1. The van der Waals surface area contributed by atoms with Gasteiger partial charge < -0.3 is 5.32 Å². The first-order valence-corrected chi connectivity index (χ1v) is 7.55. The predicted octanol–water partition coefficient (Wildman–Crippen LogP) is 3.93. The summed E-state index contributed by atoms with van der Waals surface area (Å²) in [4.78, 5) is 24.4. The van der Waals surface area contributed by atoms with Gasteiger partial charge in [0.1, 0.15) is 5.56 Å². The number of para-hydroxylation sites is 1. The second-order valence-electron chi connectivity index (χ2n) is 4.95. The lowest BCUT2D eigenvalue weighted by atomic mass is 10.1. The molecule has 1 N–H and O–H groups in total. The number of carbonyl (C=O) groups is 1. The SMILES string of the molecule is O=C1c2ccccc2[N+](=O)C1CCNc1cccc(Br)c1. The Hall–Kier alpha value is -2.01. The van der Waals surface area contributed by atoms with Gasteiger partial charge in [-0.3, -0.25) is 4.79 Å². The van der Waals surface area contributed by atoms with E-state index in [-0.39, 0.29) is 5.78 Å². The molecule has 3 rings (SSSR count). The molecule has 1 aliphatic heterocycles. The quantitative estimate of drug-likeness (QED) is 0.854. The number of hydrogen-bond donors (Lipinski definition) is 1. The molecule has 106 valence electrons. The van der Waals surface area contributed by atoms with E-state index in [9.17, 15) is 9.70 Å². The van der Waals surface area contributed by atoms with Crippen LogP contribution in [0.15, 0.2) is 53.0 Å². The molecule has 0 aliphatic carbocycles. The monoisotopic (exact) mass is 345 g/mol. The van der Waals surface area contributed by atoms with Gasteiger partial charge in [-0.15, -0.1) is 0 Å². The number of nitroso groups, excluding NO2 is 1. The molecule has 0 spiro atoms. The summed E-state index contributed by atoms with van der Waals surface area (Å²) in [6.07, 6.45) is 0.476. The second-order valence-corrected chi connectivity index (χ2v) is 5.86. The minimum absolute atomic E-state index is 0.0864. The topological polar surface area (TPSA) is 49.2 Å². The predicted molar refractivity (Wildman–Crippen MR) is 85.1 cm³/mol. The Morgan fingerprint density at radius 3 is 2.71 bits per heavy atom. The van der Waals surface area contributed by atoms with Crippen LogP contribution in [0, 0.1) is 4.91 Å². The van der Waals surface area contributed by atoms with Crippen LogP contribution in [0.5, 0.6) is 0 Å². The van der Waals surface area contributed by atoms with Crippen molar-refractivity contribution in [1.82, 2.24) is 0 Å². The van der Waals surface area contributed by atoms with Crippen molar-refractivity contribution in [1.29, 1.82) is 0 Å². The van der Waals surface area contributed by atoms with Crippen molar-refractivity contribution < 1.29 is 9.55 Å². The van der Waals surface area contributed by atoms with Gasteiger partial charge in [0.05, 0.1) is 0 Å². The molecule has 0 aromatic heterocycles. The van der Waals surface area contributed by atoms with E-state index in [2.05, 4.69) is 21.2 Å². The molecule has 1 unspecified atom stereocenters. The van der Waals surface area contributed by atoms with E-state index in [1.807, 2.05) is 24.3 Å². The molecule has 0 fully saturated rings. The van der Waals surface area contributed by atoms with Crippen molar-refractivity contribution in [2.75, 3.05) is 11.9 Å². The maximum Gasteiger partial charge on any atom is 0.272 e. The van der Waals surface area contributed by atoms with Crippen LogP contribution in [-0.2, 0) is 0 Å². The Labute approximate surface area is 130 Å². The van der Waals surface area contributed by atoms with Crippen molar-refractivity contribution in [2.24, 2.45) is 0 Å². The molecule has 2 aromatic rings. The van der Waals surface area contributed by atoms with E-state index in [1.165, 1.54) is 0 Å². The van der Waals surface area contributed by atoms with E-state index in [1.54, 1.807) is 24.3 Å². The zero-order valence-corrected chi connectivity index (χ0v) is 12.8. The molecule has 1 heterocycles. The third kappa shape index (κ3) is 2.74. The third-order valence-corrected chi connectivity index (χ3v) is 4.06. The fraction of sp³-hybridized carbons (Fsp3) is 0.188. The maximum atomic E-state index is 12.2. The van der Waals surface area contributed by atoms with Crippen LogP contribution in [0.1, 0.15) is 16.8 Å². The van der Waals surface area contributed by atoms with Crippen LogP contribution in [-0.4, -0.2) is 23.1 Å². The highest BCUT2D eigenvalue weighted by molar-refractivity contribution is 9.10. The smallest absolute Gasteiger partial charge is 0.272 e. The molecule has 4 nitrogen and oxygen atoms in total. The lowest BCUT2D eigenvalue weighted by Gasteiger charge is -2.06. The number of Topliss-reactive ketones (excluding diaryl/α,β-unsaturated/α-hetero) is 1. The largest absolute Gasteiger partial charge is 0.385 e. The number of rotatable bonds is 4. The average Bonchev–Trinajstić information content (AvgIpc) is 2.73. The van der Waals surface area contributed by atoms with Crippen LogP contribution in [0.2, 0.25) is 0 Å². The van der Waals surface area contributed by atoms with Crippen molar-refractivity contribution in [3.63, 3.8) is 0 Å². The van der Waals surface area contributed by atoms with Gasteiger partial charge in [0.15, 0.2) is 0 Å². The summed E-state index contributed by atoms with van der Waals surface area (Å²) in [5.74, 6) is -0.0864. The Morgan fingerprint density at radius 1 is 1.14 bits per heavy atom. The molecular formula is C16H14BrN2O2+. The first kappa shape index (κ1) is 13.9. The Kier molecular flexibility index (Phi) is 3.84. The van der Waals surface area contributed by atoms with Crippen LogP contribution in [0.25, 0.3) is 0 Å². The highest BCUT2D eigenvalue weighted by atomic mass is 79.9. The molecule has 5 heteroatoms. The number of halogens is 1. The Morgan fingerprint density at radius 2 is 1.95 bits per heavy atom. The molecule has 2 aromatic carbocycles. The summed E-state index contributed by atoms with van der Waals surface area (Å²) in [5.41, 5.74) is 1.97. The zero-order valence-electron chi connectivity index (χ0n) is 11.3. The summed E-state index contributed by atoms with van der Waals surface area (Å²) in [7, 11) is 0. The summed E-state index contributed by atoms with van der Waals surface area (Å²) in [5, 5.41) is 3.23. The van der Waals surface area contributed by atoms with Gasteiger partial charge in [-0.05, 0) is 24.3 Å². The fourth-order valence-electron chi connectivity index (χ4n) is 2.53. The molecule has 0 amide bonds. The fourth-order valence-corrected chi connectivity index (χ4v) is 2.93. The standard InChI is InChI=1S/C16H14BrN2O2/c17-11-4-3-5-12(10-11)18-9-8-15-16(20)13-6-1-2-7-14(13)19(15)21/h1-7,10,15,18H,8-9H2/q+1. The minimum atomic E-state index is -0.623. The van der Waals surface area contributed by atoms with Gasteiger partial charge in [0, 0.05) is 38.9 Å². The van der Waals surface area contributed by atoms with Gasteiger partial charge in [-0.2, -0.15) is 0 Å². The van der Waals surface area contributed by atoms with Crippen LogP contribution in [0.4, 0.5) is 11.4 Å². The number of fused-ring (bicyclic) bond motifs is 1. The molecule has 1 aliphatic rings. The van der Waals surface area contributed by atoms with E-state index < -0.39 is 6.04 Å². The molecule has 0 radical (unpaired) electrons. The lowest BCUT2D eigenvalue weighted by Crippen LogP contribution is -2.25. The first-order chi connectivity index (χ1) is 10.2. The van der Waals surface area contributed by atoms with Gasteiger partial charge in [0.25, 0.3) is 11.7 Å². The lowest BCUT2D eigenvalue weighted by molar-refractivity contribution is -0.482. The molecule has 1 atom stereocenters. The van der Waals surface area contributed by atoms with Gasteiger partial charge in [-0.1, -0.05) is 34.1 Å². The molecule has 0 bridgehead atoms. The highest BCUT2D eigenvalue weighted by Gasteiger charge is 2.45. The summed E-state index contributed by atoms with van der Waals surface area (Å²) in [6.45, 7) is 0.569. The molecule has 0 saturated carbocycles. The Balaban J connectivity index is 1.65. The normalized spacial score (nSPS) is 16.9. The van der Waals surface area contributed by atoms with E-state index in [4.69, 9.17) is 0 Å². The van der Waals surface area contributed by atoms with Crippen LogP contribution in [0.3, 0.4) is 0 Å². The van der Waals surface area contributed by atoms with E-state index in [0.29, 0.717) is 24.2 Å².